The predicted molar refractivity (Wildman–Crippen MR) is 119 cm³/mol. The van der Waals surface area contributed by atoms with Crippen LogP contribution >= 0.6 is 0 Å². The number of hydrogen-bond acceptors (Lipinski definition) is 6. The van der Waals surface area contributed by atoms with Crippen molar-refractivity contribution in [2.45, 2.75) is 51.8 Å². The van der Waals surface area contributed by atoms with Gasteiger partial charge in [-0.3, -0.25) is 14.2 Å². The third kappa shape index (κ3) is 6.08. The zero-order valence-corrected chi connectivity index (χ0v) is 19.3. The number of alkyl halides is 3. The zero-order valence-electron chi connectivity index (χ0n) is 19.3. The summed E-state index contributed by atoms with van der Waals surface area (Å²) in [4.78, 5) is 38.5. The number of aliphatic hydroxyl groups is 1. The van der Waals surface area contributed by atoms with Gasteiger partial charge >= 0.3 is 11.9 Å². The molecule has 188 valence electrons. The molecule has 2 aromatic rings. The average molecular weight is 494 g/mol. The Kier molecular flexibility index (Phi) is 7.69. The molecule has 0 aliphatic carbocycles. The molecule has 1 fully saturated rings. The van der Waals surface area contributed by atoms with Gasteiger partial charge in [0.05, 0.1) is 12.7 Å². The highest BCUT2D eigenvalue weighted by atomic mass is 19.4. The summed E-state index contributed by atoms with van der Waals surface area (Å²) in [5.41, 5.74) is -5.20. The van der Waals surface area contributed by atoms with Gasteiger partial charge in [0.1, 0.15) is 24.5 Å². The van der Waals surface area contributed by atoms with Gasteiger partial charge < -0.3 is 14.6 Å². The summed E-state index contributed by atoms with van der Waals surface area (Å²) in [5, 5.41) is 9.66. The Bertz CT molecular complexity index is 1250. The van der Waals surface area contributed by atoms with Gasteiger partial charge in [-0.2, -0.15) is 17.7 Å². The van der Waals surface area contributed by atoms with E-state index in [1.165, 1.54) is 24.3 Å². The van der Waals surface area contributed by atoms with Crippen LogP contribution in [0.25, 0.3) is 0 Å². The molecule has 0 unspecified atom stereocenters. The molecule has 1 N–H and O–H groups in total. The van der Waals surface area contributed by atoms with Crippen LogP contribution in [0.15, 0.2) is 46.1 Å². The molecule has 1 aromatic heterocycles. The molecule has 35 heavy (non-hydrogen) atoms. The highest BCUT2D eigenvalue weighted by molar-refractivity contribution is 5.95. The molecular formula is C24H25F3N2O6. The summed E-state index contributed by atoms with van der Waals surface area (Å²) in [6.45, 7) is 5.16. The molecule has 1 aliphatic rings. The molecule has 0 spiro atoms. The Morgan fingerprint density at radius 1 is 1.20 bits per heavy atom. The largest absolute Gasteiger partial charge is 0.423 e. The van der Waals surface area contributed by atoms with Crippen LogP contribution in [0.3, 0.4) is 0 Å². The van der Waals surface area contributed by atoms with Crippen molar-refractivity contribution >= 4 is 5.91 Å². The van der Waals surface area contributed by atoms with E-state index in [1.54, 1.807) is 6.07 Å². The molecule has 3 atom stereocenters. The summed E-state index contributed by atoms with van der Waals surface area (Å²) in [6, 6.07) is 7.00. The molecular weight excluding hydrogens is 469 g/mol. The fourth-order valence-electron chi connectivity index (χ4n) is 3.52. The molecule has 0 radical (unpaired) electrons. The fraction of sp³-hybridized carbons (Fsp3) is 0.458. The van der Waals surface area contributed by atoms with Crippen LogP contribution < -0.4 is 11.2 Å². The lowest BCUT2D eigenvalue weighted by molar-refractivity contribution is -0.139. The average Bonchev–Trinajstić information content (AvgIpc) is 3.18. The molecule has 0 bridgehead atoms. The van der Waals surface area contributed by atoms with Crippen molar-refractivity contribution in [3.63, 3.8) is 0 Å². The van der Waals surface area contributed by atoms with Gasteiger partial charge in [0.25, 0.3) is 11.5 Å². The Morgan fingerprint density at radius 3 is 2.43 bits per heavy atom. The van der Waals surface area contributed by atoms with Gasteiger partial charge in [0.15, 0.2) is 0 Å². The van der Waals surface area contributed by atoms with Gasteiger partial charge in [-0.05, 0) is 32.9 Å². The van der Waals surface area contributed by atoms with Crippen molar-refractivity contribution in [1.29, 1.82) is 0 Å². The molecule has 0 saturated carbocycles. The van der Waals surface area contributed by atoms with E-state index in [-0.39, 0.29) is 28.6 Å². The van der Waals surface area contributed by atoms with E-state index in [1.807, 2.05) is 20.8 Å². The number of ether oxygens (including phenoxy) is 2. The number of nitrogens with zero attached hydrogens (tertiary/aromatic N) is 2. The second kappa shape index (κ2) is 10.2. The Hall–Kier alpha value is -3.20. The van der Waals surface area contributed by atoms with E-state index in [0.29, 0.717) is 10.8 Å². The van der Waals surface area contributed by atoms with Gasteiger partial charge in [-0.1, -0.05) is 30.0 Å². The van der Waals surface area contributed by atoms with Gasteiger partial charge in [-0.25, -0.2) is 4.79 Å². The quantitative estimate of drug-likeness (QED) is 0.641. The highest BCUT2D eigenvalue weighted by Crippen LogP contribution is 2.32. The maximum Gasteiger partial charge on any atom is 0.423 e. The first-order valence-electron chi connectivity index (χ1n) is 10.8. The van der Waals surface area contributed by atoms with Crippen molar-refractivity contribution in [2.75, 3.05) is 13.2 Å². The van der Waals surface area contributed by atoms with E-state index in [9.17, 15) is 32.7 Å². The lowest BCUT2D eigenvalue weighted by Gasteiger charge is -2.18. The summed E-state index contributed by atoms with van der Waals surface area (Å²) < 4.78 is 52.7. The first kappa shape index (κ1) is 26.4. The van der Waals surface area contributed by atoms with Crippen LogP contribution in [0.2, 0.25) is 0 Å². The Labute approximate surface area is 198 Å². The first-order chi connectivity index (χ1) is 16.3. The number of carbonyl (C=O) groups excluding carboxylic acids is 1. The van der Waals surface area contributed by atoms with Crippen molar-refractivity contribution in [3.8, 4) is 11.8 Å². The number of aromatic nitrogens is 2. The zero-order chi connectivity index (χ0) is 26.0. The van der Waals surface area contributed by atoms with Crippen molar-refractivity contribution in [3.05, 3.63) is 68.5 Å². The SMILES string of the molecule is CC(C)(C)C#CCO[C@H]1C[C@H](n2cc(C(F)(F)F)c(=O)n(C(=O)c3ccccc3)c2=O)O[C@@H]1CO. The standard InChI is InChI=1S/C24H25F3N2O6/c1-23(2,3)10-7-11-34-17-12-19(35-18(17)14-30)28-13-16(24(25,26)27)21(32)29(22(28)33)20(31)15-8-5-4-6-9-15/h4-6,8-9,13,17-19,30H,11-12,14H2,1-3H3/t17-,18+,19+/m0/s1. The lowest BCUT2D eigenvalue weighted by Crippen LogP contribution is -2.47. The minimum absolute atomic E-state index is 0.0246. The molecule has 1 aliphatic heterocycles. The molecule has 3 rings (SSSR count). The number of hydrogen-bond donors (Lipinski definition) is 1. The lowest BCUT2D eigenvalue weighted by atomic mass is 9.98. The summed E-state index contributed by atoms with van der Waals surface area (Å²) in [7, 11) is 0. The first-order valence-corrected chi connectivity index (χ1v) is 10.8. The maximum atomic E-state index is 13.7. The van der Waals surface area contributed by atoms with Crippen LogP contribution in [0, 0.1) is 17.3 Å². The number of aliphatic hydroxyl groups excluding tert-OH is 1. The van der Waals surface area contributed by atoms with Crippen LogP contribution in [0.4, 0.5) is 13.2 Å². The topological polar surface area (TPSA) is 99.8 Å². The summed E-state index contributed by atoms with van der Waals surface area (Å²) in [6.07, 6.45) is -7.98. The second-order valence-corrected chi connectivity index (χ2v) is 8.99. The van der Waals surface area contributed by atoms with E-state index in [4.69, 9.17) is 9.47 Å². The van der Waals surface area contributed by atoms with Crippen molar-refractivity contribution < 1.29 is 32.5 Å². The minimum Gasteiger partial charge on any atom is -0.394 e. The van der Waals surface area contributed by atoms with Crippen molar-refractivity contribution in [1.82, 2.24) is 9.13 Å². The van der Waals surface area contributed by atoms with Gasteiger partial charge in [0, 0.05) is 23.6 Å². The van der Waals surface area contributed by atoms with Crippen LogP contribution in [0.5, 0.6) is 0 Å². The third-order valence-electron chi connectivity index (χ3n) is 5.15. The van der Waals surface area contributed by atoms with Crippen LogP contribution in [0.1, 0.15) is 49.3 Å². The van der Waals surface area contributed by atoms with E-state index < -0.39 is 53.9 Å². The monoisotopic (exact) mass is 494 g/mol. The highest BCUT2D eigenvalue weighted by Gasteiger charge is 2.41. The Morgan fingerprint density at radius 2 is 1.86 bits per heavy atom. The number of halogens is 3. The minimum atomic E-state index is -5.14. The number of benzene rings is 1. The maximum absolute atomic E-state index is 13.7. The molecule has 11 heteroatoms. The van der Waals surface area contributed by atoms with E-state index in [0.717, 1.165) is 0 Å². The van der Waals surface area contributed by atoms with Gasteiger partial charge in [-0.15, -0.1) is 0 Å². The molecule has 2 heterocycles. The molecule has 8 nitrogen and oxygen atoms in total. The Balaban J connectivity index is 2.01. The normalized spacial score (nSPS) is 20.4. The van der Waals surface area contributed by atoms with Crippen molar-refractivity contribution in [2.24, 2.45) is 5.41 Å². The summed E-state index contributed by atoms with van der Waals surface area (Å²) in [5.74, 6) is 4.58. The predicted octanol–water partition coefficient (Wildman–Crippen LogP) is 2.43. The van der Waals surface area contributed by atoms with E-state index in [2.05, 4.69) is 11.8 Å². The number of rotatable bonds is 5. The third-order valence-corrected chi connectivity index (χ3v) is 5.15. The second-order valence-electron chi connectivity index (χ2n) is 8.99. The molecule has 1 aromatic carbocycles. The van der Waals surface area contributed by atoms with Gasteiger partial charge in [0.2, 0.25) is 0 Å². The van der Waals surface area contributed by atoms with Crippen LogP contribution in [-0.4, -0.2) is 45.6 Å². The number of carbonyl (C=O) groups is 1. The molecule has 0 amide bonds. The summed E-state index contributed by atoms with van der Waals surface area (Å²) >= 11 is 0. The fourth-order valence-corrected chi connectivity index (χ4v) is 3.52. The molecule has 1 saturated heterocycles. The van der Waals surface area contributed by atoms with E-state index >= 15 is 0 Å². The smallest absolute Gasteiger partial charge is 0.394 e. The van der Waals surface area contributed by atoms with Crippen LogP contribution in [-0.2, 0) is 15.7 Å².